The Morgan fingerprint density at radius 2 is 1.75 bits per heavy atom. The van der Waals surface area contributed by atoms with Crippen molar-refractivity contribution < 1.29 is 32.6 Å². The van der Waals surface area contributed by atoms with E-state index in [1.54, 1.807) is 38.1 Å². The molecule has 0 radical (unpaired) electrons. The molecular weight excluding hydrogens is 630 g/mol. The molecule has 0 atom stereocenters. The summed E-state index contributed by atoms with van der Waals surface area (Å²) in [5.74, 6) is 5.15. The Labute approximate surface area is 281 Å². The zero-order valence-corrected chi connectivity index (χ0v) is 28.4. The molecule has 0 aliphatic heterocycles. The van der Waals surface area contributed by atoms with Crippen molar-refractivity contribution in [3.05, 3.63) is 89.1 Å². The molecule has 1 saturated carbocycles. The molecule has 48 heavy (non-hydrogen) atoms. The minimum Gasteiger partial charge on any atom is -0.496 e. The summed E-state index contributed by atoms with van der Waals surface area (Å²) in [4.78, 5) is 25.6. The highest BCUT2D eigenvalue weighted by atomic mass is 32.2. The number of aliphatic hydroxyl groups is 1. The highest BCUT2D eigenvalue weighted by Gasteiger charge is 2.24. The number of hydrogen-bond acceptors (Lipinski definition) is 7. The number of sulfonamides is 1. The number of rotatable bonds is 10. The van der Waals surface area contributed by atoms with Crippen molar-refractivity contribution in [2.45, 2.75) is 75.4 Å². The van der Waals surface area contributed by atoms with Gasteiger partial charge in [-0.25, -0.2) is 17.9 Å². The Balaban J connectivity index is 1.34. The van der Waals surface area contributed by atoms with Crippen molar-refractivity contribution in [2.24, 2.45) is 7.05 Å². The van der Waals surface area contributed by atoms with E-state index in [9.17, 15) is 23.1 Å². The van der Waals surface area contributed by atoms with Gasteiger partial charge < -0.3 is 19.1 Å². The number of aryl methyl sites for hydroxylation is 1. The highest BCUT2D eigenvalue weighted by Crippen LogP contribution is 2.30. The molecule has 3 aromatic carbocycles. The van der Waals surface area contributed by atoms with Crippen LogP contribution < -0.4 is 14.8 Å². The Morgan fingerprint density at radius 3 is 2.46 bits per heavy atom. The van der Waals surface area contributed by atoms with Crippen LogP contribution in [-0.4, -0.2) is 48.9 Å². The lowest BCUT2D eigenvalue weighted by Crippen LogP contribution is -2.31. The Bertz CT molecular complexity index is 2000. The predicted molar refractivity (Wildman–Crippen MR) is 185 cm³/mol. The second-order valence-corrected chi connectivity index (χ2v) is 13.7. The summed E-state index contributed by atoms with van der Waals surface area (Å²) in [5, 5.41) is 14.3. The Hall–Kier alpha value is -4.79. The second-order valence-electron chi connectivity index (χ2n) is 12.1. The number of hydrogen-bond donors (Lipinski definition) is 3. The van der Waals surface area contributed by atoms with Gasteiger partial charge in [-0.1, -0.05) is 43.9 Å². The average Bonchev–Trinajstić information content (AvgIpc) is 3.70. The fraction of sp³-hybridized carbons (Fsp3) is 0.351. The summed E-state index contributed by atoms with van der Waals surface area (Å²) in [7, 11) is -0.878. The van der Waals surface area contributed by atoms with Gasteiger partial charge in [-0.2, -0.15) is 0 Å². The van der Waals surface area contributed by atoms with Gasteiger partial charge in [0.15, 0.2) is 0 Å². The van der Waals surface area contributed by atoms with Gasteiger partial charge in [-0.3, -0.25) is 10.1 Å². The zero-order chi connectivity index (χ0) is 34.5. The lowest BCUT2D eigenvalue weighted by atomic mass is 9.98. The van der Waals surface area contributed by atoms with Crippen molar-refractivity contribution >= 4 is 38.6 Å². The van der Waals surface area contributed by atoms with E-state index in [0.717, 1.165) is 47.7 Å². The summed E-state index contributed by atoms with van der Waals surface area (Å²) in [5.41, 5.74) is 2.37. The SMILES string of the molecule is CCC(O)(C#Cc1ccccc1S(=O)(=O)NC(=O)c1ccc(Cc2cn(C)c3ccc(NC(=O)OC4CCCC4)cc23)c(OC)c1)CC. The van der Waals surface area contributed by atoms with Gasteiger partial charge >= 0.3 is 6.09 Å². The van der Waals surface area contributed by atoms with E-state index in [4.69, 9.17) is 9.47 Å². The second kappa shape index (κ2) is 14.5. The van der Waals surface area contributed by atoms with Gasteiger partial charge in [-0.15, -0.1) is 0 Å². The van der Waals surface area contributed by atoms with Crippen LogP contribution in [0.4, 0.5) is 10.5 Å². The van der Waals surface area contributed by atoms with Crippen molar-refractivity contribution in [3.8, 4) is 17.6 Å². The minimum absolute atomic E-state index is 0.0391. The molecule has 252 valence electrons. The largest absolute Gasteiger partial charge is 0.496 e. The summed E-state index contributed by atoms with van der Waals surface area (Å²) >= 11 is 0. The van der Waals surface area contributed by atoms with Crippen LogP contribution >= 0.6 is 0 Å². The van der Waals surface area contributed by atoms with Crippen LogP contribution in [0.5, 0.6) is 5.75 Å². The van der Waals surface area contributed by atoms with Crippen LogP contribution in [0, 0.1) is 11.8 Å². The van der Waals surface area contributed by atoms with E-state index in [2.05, 4.69) is 21.9 Å². The van der Waals surface area contributed by atoms with Crippen LogP contribution in [0.1, 0.15) is 79.4 Å². The number of ether oxygens (including phenoxy) is 2. The number of carbonyl (C=O) groups excluding carboxylic acids is 2. The maximum atomic E-state index is 13.3. The lowest BCUT2D eigenvalue weighted by Gasteiger charge is -2.17. The third kappa shape index (κ3) is 7.84. The van der Waals surface area contributed by atoms with E-state index in [0.29, 0.717) is 30.7 Å². The fourth-order valence-electron chi connectivity index (χ4n) is 5.88. The van der Waals surface area contributed by atoms with E-state index in [-0.39, 0.29) is 22.1 Å². The molecule has 1 aliphatic carbocycles. The summed E-state index contributed by atoms with van der Waals surface area (Å²) in [6.07, 6.45) is 6.63. The molecule has 0 saturated heterocycles. The molecule has 4 aromatic rings. The van der Waals surface area contributed by atoms with Crippen LogP contribution in [0.25, 0.3) is 10.9 Å². The van der Waals surface area contributed by atoms with Crippen LogP contribution in [-0.2, 0) is 28.2 Å². The number of amides is 2. The topological polar surface area (TPSA) is 136 Å². The number of fused-ring (bicyclic) bond motifs is 1. The fourth-order valence-corrected chi connectivity index (χ4v) is 7.02. The zero-order valence-electron chi connectivity index (χ0n) is 27.6. The Kier molecular flexibility index (Phi) is 10.5. The first-order chi connectivity index (χ1) is 22.9. The number of aromatic nitrogens is 1. The molecule has 1 fully saturated rings. The molecule has 0 bridgehead atoms. The summed E-state index contributed by atoms with van der Waals surface area (Å²) in [6.45, 7) is 3.60. The number of anilines is 1. The number of carbonyl (C=O) groups is 2. The van der Waals surface area contributed by atoms with Crippen molar-refractivity contribution in [2.75, 3.05) is 12.4 Å². The van der Waals surface area contributed by atoms with Crippen molar-refractivity contribution in [1.82, 2.24) is 9.29 Å². The molecule has 10 nitrogen and oxygen atoms in total. The maximum Gasteiger partial charge on any atom is 0.411 e. The molecule has 11 heteroatoms. The summed E-state index contributed by atoms with van der Waals surface area (Å²) < 4.78 is 42.0. The van der Waals surface area contributed by atoms with Gasteiger partial charge in [0.25, 0.3) is 15.9 Å². The smallest absolute Gasteiger partial charge is 0.411 e. The normalized spacial score (nSPS) is 13.5. The predicted octanol–water partition coefficient (Wildman–Crippen LogP) is 6.29. The molecule has 1 aliphatic rings. The van der Waals surface area contributed by atoms with Gasteiger partial charge in [-0.05, 0) is 92.1 Å². The van der Waals surface area contributed by atoms with Crippen molar-refractivity contribution in [3.63, 3.8) is 0 Å². The molecule has 5 rings (SSSR count). The van der Waals surface area contributed by atoms with Gasteiger partial charge in [0.05, 0.1) is 7.11 Å². The van der Waals surface area contributed by atoms with Gasteiger partial charge in [0.2, 0.25) is 0 Å². The van der Waals surface area contributed by atoms with Gasteiger partial charge in [0, 0.05) is 47.4 Å². The van der Waals surface area contributed by atoms with Crippen molar-refractivity contribution in [1.29, 1.82) is 0 Å². The quantitative estimate of drug-likeness (QED) is 0.169. The van der Waals surface area contributed by atoms with Crippen LogP contribution in [0.15, 0.2) is 71.8 Å². The first-order valence-corrected chi connectivity index (χ1v) is 17.6. The first-order valence-electron chi connectivity index (χ1n) is 16.1. The molecule has 0 spiro atoms. The molecule has 2 amide bonds. The molecule has 1 heterocycles. The number of methoxy groups -OCH3 is 1. The van der Waals surface area contributed by atoms with E-state index in [1.807, 2.05) is 36.0 Å². The first kappa shape index (κ1) is 34.5. The average molecular weight is 672 g/mol. The molecular formula is C37H41N3O7S. The van der Waals surface area contributed by atoms with Crippen LogP contribution in [0.3, 0.4) is 0 Å². The highest BCUT2D eigenvalue weighted by molar-refractivity contribution is 7.90. The van der Waals surface area contributed by atoms with E-state index >= 15 is 0 Å². The molecule has 3 N–H and O–H groups in total. The standard InChI is InChI=1S/C37H41N3O7S/c1-5-37(43,6-2)20-19-25-11-7-10-14-34(25)48(44,45)39-35(41)27-16-15-26(33(22-27)46-4)21-28-24-40(3)32-18-17-29(23-31(28)32)38-36(42)47-30-12-8-9-13-30/h7,10-11,14-18,22-24,30,43H,5-6,8-9,12-13,21H2,1-4H3,(H,38,42)(H,39,41). The molecule has 1 aromatic heterocycles. The number of nitrogens with zero attached hydrogens (tertiary/aromatic N) is 1. The number of nitrogens with one attached hydrogen (secondary N) is 2. The van der Waals surface area contributed by atoms with Crippen LogP contribution in [0.2, 0.25) is 0 Å². The van der Waals surface area contributed by atoms with E-state index in [1.165, 1.54) is 25.3 Å². The monoisotopic (exact) mass is 671 g/mol. The third-order valence-electron chi connectivity index (χ3n) is 8.83. The minimum atomic E-state index is -4.31. The van der Waals surface area contributed by atoms with Gasteiger partial charge in [0.1, 0.15) is 22.4 Å². The van der Waals surface area contributed by atoms with E-state index < -0.39 is 27.6 Å². The maximum absolute atomic E-state index is 13.3. The lowest BCUT2D eigenvalue weighted by molar-refractivity contribution is 0.0930. The molecule has 0 unspecified atom stereocenters. The third-order valence-corrected chi connectivity index (χ3v) is 10.2. The Morgan fingerprint density at radius 1 is 1.02 bits per heavy atom. The number of benzene rings is 3. The summed E-state index contributed by atoms with van der Waals surface area (Å²) in [6, 6.07) is 16.6.